The summed E-state index contributed by atoms with van der Waals surface area (Å²) in [5, 5.41) is 11.5. The van der Waals surface area contributed by atoms with E-state index in [1.165, 1.54) is 6.92 Å². The third kappa shape index (κ3) is 4.29. The van der Waals surface area contributed by atoms with Crippen LogP contribution in [0.1, 0.15) is 33.3 Å². The molecule has 1 aliphatic rings. The van der Waals surface area contributed by atoms with Gasteiger partial charge in [0.15, 0.2) is 0 Å². The first-order chi connectivity index (χ1) is 11.8. The van der Waals surface area contributed by atoms with Crippen molar-refractivity contribution in [1.82, 2.24) is 5.06 Å². The van der Waals surface area contributed by atoms with Crippen LogP contribution < -0.4 is 0 Å². The predicted octanol–water partition coefficient (Wildman–Crippen LogP) is 2.48. The van der Waals surface area contributed by atoms with Crippen molar-refractivity contribution in [1.29, 1.82) is 0 Å². The molecule has 0 spiro atoms. The van der Waals surface area contributed by atoms with Gasteiger partial charge in [0.1, 0.15) is 12.5 Å². The van der Waals surface area contributed by atoms with Crippen molar-refractivity contribution in [2.45, 2.75) is 46.1 Å². The molecule has 1 N–H and O–H groups in total. The summed E-state index contributed by atoms with van der Waals surface area (Å²) >= 11 is 0. The lowest BCUT2D eigenvalue weighted by Crippen LogP contribution is -2.45. The van der Waals surface area contributed by atoms with Crippen LogP contribution in [0.4, 0.5) is 4.79 Å². The number of benzene rings is 1. The topological polar surface area (TPSA) is 85.3 Å². The van der Waals surface area contributed by atoms with Gasteiger partial charge in [-0.25, -0.2) is 9.63 Å². The van der Waals surface area contributed by atoms with E-state index in [4.69, 9.17) is 14.3 Å². The third-order valence-electron chi connectivity index (χ3n) is 4.08. The maximum absolute atomic E-state index is 12.5. The van der Waals surface area contributed by atoms with Gasteiger partial charge in [-0.15, -0.1) is 0 Å². The standard InChI is InChI=1S/C18H25NO6/c1-5-23-16(20)14-15(12(2)3)19(25-18(14,4)22)17(21)24-11-13-9-7-6-8-10-13/h6-10,12,14-15,22H,5,11H2,1-4H3/t14-,15+,18?/m0/s1. The van der Waals surface area contributed by atoms with Crippen molar-refractivity contribution in [2.75, 3.05) is 6.61 Å². The SMILES string of the molecule is CCOC(=O)[C@@H]1[C@@H](C(C)C)N(C(=O)OCc2ccccc2)OC1(C)O. The number of nitrogens with zero attached hydrogens (tertiary/aromatic N) is 1. The van der Waals surface area contributed by atoms with Gasteiger partial charge in [-0.3, -0.25) is 4.79 Å². The number of esters is 1. The first kappa shape index (κ1) is 19.2. The molecule has 0 aliphatic carbocycles. The lowest BCUT2D eigenvalue weighted by Gasteiger charge is -2.27. The van der Waals surface area contributed by atoms with Crippen molar-refractivity contribution in [3.63, 3.8) is 0 Å². The lowest BCUT2D eigenvalue weighted by atomic mass is 9.86. The average molecular weight is 351 g/mol. The number of aliphatic hydroxyl groups is 1. The summed E-state index contributed by atoms with van der Waals surface area (Å²) in [6.45, 7) is 6.93. The second kappa shape index (κ2) is 7.84. The smallest absolute Gasteiger partial charge is 0.434 e. The fourth-order valence-electron chi connectivity index (χ4n) is 2.96. The second-order valence-electron chi connectivity index (χ2n) is 6.48. The van der Waals surface area contributed by atoms with Gasteiger partial charge in [-0.05, 0) is 25.3 Å². The van der Waals surface area contributed by atoms with Gasteiger partial charge in [-0.1, -0.05) is 44.2 Å². The monoisotopic (exact) mass is 351 g/mol. The van der Waals surface area contributed by atoms with Crippen molar-refractivity contribution < 1.29 is 29.0 Å². The number of rotatable bonds is 5. The van der Waals surface area contributed by atoms with Crippen molar-refractivity contribution >= 4 is 12.1 Å². The van der Waals surface area contributed by atoms with E-state index in [-0.39, 0.29) is 19.1 Å². The van der Waals surface area contributed by atoms with Gasteiger partial charge < -0.3 is 14.6 Å². The van der Waals surface area contributed by atoms with Crippen molar-refractivity contribution in [3.05, 3.63) is 35.9 Å². The molecule has 1 saturated heterocycles. The molecule has 138 valence electrons. The van der Waals surface area contributed by atoms with E-state index in [1.807, 2.05) is 44.2 Å². The van der Waals surface area contributed by atoms with Crippen LogP contribution >= 0.6 is 0 Å². The Morgan fingerprint density at radius 3 is 2.48 bits per heavy atom. The van der Waals surface area contributed by atoms with Gasteiger partial charge in [0.25, 0.3) is 0 Å². The van der Waals surface area contributed by atoms with Crippen LogP contribution in [-0.2, 0) is 25.7 Å². The van der Waals surface area contributed by atoms with Gasteiger partial charge in [-0.2, -0.15) is 5.06 Å². The summed E-state index contributed by atoms with van der Waals surface area (Å²) in [4.78, 5) is 30.1. The molecule has 3 atom stereocenters. The highest BCUT2D eigenvalue weighted by molar-refractivity contribution is 5.77. The minimum atomic E-state index is -1.85. The highest BCUT2D eigenvalue weighted by atomic mass is 16.8. The minimum absolute atomic E-state index is 0.0660. The highest BCUT2D eigenvalue weighted by Gasteiger charge is 2.58. The molecule has 2 rings (SSSR count). The molecule has 7 heteroatoms. The minimum Gasteiger partial charge on any atom is -0.466 e. The number of amides is 1. The molecule has 1 aliphatic heterocycles. The Morgan fingerprint density at radius 1 is 1.28 bits per heavy atom. The van der Waals surface area contributed by atoms with Crippen LogP contribution in [0.2, 0.25) is 0 Å². The Kier molecular flexibility index (Phi) is 6.02. The summed E-state index contributed by atoms with van der Waals surface area (Å²) in [6, 6.07) is 8.51. The van der Waals surface area contributed by atoms with Crippen LogP contribution in [0.25, 0.3) is 0 Å². The zero-order valence-corrected chi connectivity index (χ0v) is 15.0. The fourth-order valence-corrected chi connectivity index (χ4v) is 2.96. The van der Waals surface area contributed by atoms with Gasteiger partial charge in [0.2, 0.25) is 5.79 Å². The Hall–Kier alpha value is -2.12. The number of hydrogen-bond donors (Lipinski definition) is 1. The first-order valence-electron chi connectivity index (χ1n) is 8.36. The van der Waals surface area contributed by atoms with E-state index in [9.17, 15) is 14.7 Å². The molecule has 1 unspecified atom stereocenters. The van der Waals surface area contributed by atoms with E-state index < -0.39 is 29.8 Å². The predicted molar refractivity (Wildman–Crippen MR) is 88.9 cm³/mol. The van der Waals surface area contributed by atoms with Crippen LogP contribution in [0.3, 0.4) is 0 Å². The normalized spacial score (nSPS) is 25.9. The Morgan fingerprint density at radius 2 is 1.92 bits per heavy atom. The fraction of sp³-hybridized carbons (Fsp3) is 0.556. The largest absolute Gasteiger partial charge is 0.466 e. The highest BCUT2D eigenvalue weighted by Crippen LogP contribution is 2.39. The zero-order valence-electron chi connectivity index (χ0n) is 15.0. The van der Waals surface area contributed by atoms with E-state index in [2.05, 4.69) is 0 Å². The maximum Gasteiger partial charge on any atom is 0.434 e. The average Bonchev–Trinajstić information content (AvgIpc) is 2.85. The molecule has 7 nitrogen and oxygen atoms in total. The van der Waals surface area contributed by atoms with Crippen LogP contribution in [0.5, 0.6) is 0 Å². The summed E-state index contributed by atoms with van der Waals surface area (Å²) in [5.74, 6) is -3.64. The molecule has 1 aromatic rings. The van der Waals surface area contributed by atoms with Crippen LogP contribution in [0.15, 0.2) is 30.3 Å². The summed E-state index contributed by atoms with van der Waals surface area (Å²) in [6.07, 6.45) is -0.755. The van der Waals surface area contributed by atoms with Crippen molar-refractivity contribution in [3.8, 4) is 0 Å². The van der Waals surface area contributed by atoms with Crippen LogP contribution in [0, 0.1) is 11.8 Å². The van der Waals surface area contributed by atoms with Gasteiger partial charge in [0, 0.05) is 0 Å². The molecule has 1 heterocycles. The summed E-state index contributed by atoms with van der Waals surface area (Å²) in [7, 11) is 0. The number of hydrogen-bond acceptors (Lipinski definition) is 6. The Labute approximate surface area is 147 Å². The van der Waals surface area contributed by atoms with E-state index in [0.29, 0.717) is 0 Å². The molecule has 0 aromatic heterocycles. The zero-order chi connectivity index (χ0) is 18.6. The maximum atomic E-state index is 12.5. The molecular formula is C18H25NO6. The molecule has 0 radical (unpaired) electrons. The summed E-state index contributed by atoms with van der Waals surface area (Å²) in [5.41, 5.74) is 0.824. The molecule has 0 bridgehead atoms. The quantitative estimate of drug-likeness (QED) is 0.821. The van der Waals surface area contributed by atoms with Gasteiger partial charge >= 0.3 is 12.1 Å². The molecular weight excluding hydrogens is 326 g/mol. The molecule has 25 heavy (non-hydrogen) atoms. The number of hydroxylamine groups is 2. The van der Waals surface area contributed by atoms with Crippen molar-refractivity contribution in [2.24, 2.45) is 11.8 Å². The molecule has 1 fully saturated rings. The van der Waals surface area contributed by atoms with Gasteiger partial charge in [0.05, 0.1) is 12.6 Å². The first-order valence-corrected chi connectivity index (χ1v) is 8.36. The number of ether oxygens (including phenoxy) is 2. The molecule has 0 saturated carbocycles. The lowest BCUT2D eigenvalue weighted by molar-refractivity contribution is -0.270. The van der Waals surface area contributed by atoms with E-state index in [0.717, 1.165) is 10.6 Å². The number of carbonyl (C=O) groups excluding carboxylic acids is 2. The molecule has 1 amide bonds. The van der Waals surface area contributed by atoms with E-state index in [1.54, 1.807) is 6.92 Å². The Bertz CT molecular complexity index is 601. The summed E-state index contributed by atoms with van der Waals surface area (Å²) < 4.78 is 10.3. The Balaban J connectivity index is 2.15. The van der Waals surface area contributed by atoms with Crippen LogP contribution in [-0.4, -0.2) is 40.7 Å². The molecule has 1 aromatic carbocycles. The third-order valence-corrected chi connectivity index (χ3v) is 4.08. The van der Waals surface area contributed by atoms with E-state index >= 15 is 0 Å². The number of carbonyl (C=O) groups is 2. The second-order valence-corrected chi connectivity index (χ2v) is 6.48.